The summed E-state index contributed by atoms with van der Waals surface area (Å²) in [6.45, 7) is 3.92. The fraction of sp³-hybridized carbons (Fsp3) is 0.538. The first-order valence-electron chi connectivity index (χ1n) is 5.82. The molecule has 1 aromatic carbocycles. The second kappa shape index (κ2) is 6.38. The zero-order chi connectivity index (χ0) is 11.2. The molecule has 3 heteroatoms. The molecule has 1 aromatic rings. The van der Waals surface area contributed by atoms with Crippen LogP contribution in [-0.4, -0.2) is 42.6 Å². The molecule has 0 radical (unpaired) electrons. The van der Waals surface area contributed by atoms with Crippen molar-refractivity contribution in [3.8, 4) is 0 Å². The quantitative estimate of drug-likeness (QED) is 0.787. The monoisotopic (exact) mass is 283 g/mol. The molecule has 1 unspecified atom stereocenters. The molecule has 1 saturated heterocycles. The topological polar surface area (TPSA) is 12.5 Å². The molecule has 88 valence electrons. The van der Waals surface area contributed by atoms with Crippen LogP contribution < -0.4 is 0 Å². The highest BCUT2D eigenvalue weighted by Crippen LogP contribution is 2.11. The SMILES string of the molecule is BrCC1COCCN1CCc1ccccc1. The van der Waals surface area contributed by atoms with E-state index in [0.717, 1.165) is 38.1 Å². The van der Waals surface area contributed by atoms with Crippen molar-refractivity contribution in [3.63, 3.8) is 0 Å². The molecule has 1 heterocycles. The van der Waals surface area contributed by atoms with E-state index in [2.05, 4.69) is 51.2 Å². The number of morpholine rings is 1. The Labute approximate surface area is 106 Å². The Morgan fingerprint density at radius 2 is 2.12 bits per heavy atom. The molecule has 0 N–H and O–H groups in total. The number of nitrogens with zero attached hydrogens (tertiary/aromatic N) is 1. The first kappa shape index (κ1) is 12.1. The molecule has 16 heavy (non-hydrogen) atoms. The Morgan fingerprint density at radius 3 is 2.88 bits per heavy atom. The van der Waals surface area contributed by atoms with Gasteiger partial charge in [-0.2, -0.15) is 0 Å². The number of halogens is 1. The zero-order valence-corrected chi connectivity index (χ0v) is 11.0. The third-order valence-corrected chi connectivity index (χ3v) is 3.81. The highest BCUT2D eigenvalue weighted by Gasteiger charge is 2.21. The second-order valence-electron chi connectivity index (χ2n) is 4.15. The van der Waals surface area contributed by atoms with Crippen LogP contribution in [0.2, 0.25) is 0 Å². The van der Waals surface area contributed by atoms with Gasteiger partial charge in [-0.05, 0) is 12.0 Å². The smallest absolute Gasteiger partial charge is 0.0630 e. The van der Waals surface area contributed by atoms with Gasteiger partial charge in [-0.25, -0.2) is 0 Å². The van der Waals surface area contributed by atoms with Crippen LogP contribution >= 0.6 is 15.9 Å². The third kappa shape index (κ3) is 3.30. The minimum absolute atomic E-state index is 0.539. The molecule has 0 amide bonds. The summed E-state index contributed by atoms with van der Waals surface area (Å²) in [5.74, 6) is 0. The van der Waals surface area contributed by atoms with Gasteiger partial charge in [0.05, 0.1) is 13.2 Å². The van der Waals surface area contributed by atoms with Gasteiger partial charge in [-0.1, -0.05) is 46.3 Å². The van der Waals surface area contributed by atoms with E-state index < -0.39 is 0 Å². The lowest BCUT2D eigenvalue weighted by atomic mass is 10.1. The summed E-state index contributed by atoms with van der Waals surface area (Å²) in [7, 11) is 0. The minimum Gasteiger partial charge on any atom is -0.378 e. The van der Waals surface area contributed by atoms with Crippen molar-refractivity contribution in [1.29, 1.82) is 0 Å². The third-order valence-electron chi connectivity index (χ3n) is 3.06. The Kier molecular flexibility index (Phi) is 4.82. The number of alkyl halides is 1. The first-order chi connectivity index (χ1) is 7.90. The van der Waals surface area contributed by atoms with Crippen LogP contribution in [0.4, 0.5) is 0 Å². The summed E-state index contributed by atoms with van der Waals surface area (Å²) in [5, 5.41) is 1.00. The van der Waals surface area contributed by atoms with Crippen LogP contribution in [0, 0.1) is 0 Å². The van der Waals surface area contributed by atoms with Gasteiger partial charge in [-0.15, -0.1) is 0 Å². The predicted octanol–water partition coefficient (Wildman–Crippen LogP) is 2.32. The van der Waals surface area contributed by atoms with E-state index in [4.69, 9.17) is 4.74 Å². The molecular formula is C13H18BrNO. The van der Waals surface area contributed by atoms with Crippen molar-refractivity contribution in [3.05, 3.63) is 35.9 Å². The lowest BCUT2D eigenvalue weighted by Gasteiger charge is -2.34. The maximum absolute atomic E-state index is 5.48. The maximum Gasteiger partial charge on any atom is 0.0630 e. The first-order valence-corrected chi connectivity index (χ1v) is 6.94. The Balaban J connectivity index is 1.84. The minimum atomic E-state index is 0.539. The number of benzene rings is 1. The molecule has 0 aromatic heterocycles. The van der Waals surface area contributed by atoms with Crippen molar-refractivity contribution in [2.45, 2.75) is 12.5 Å². The van der Waals surface area contributed by atoms with Crippen LogP contribution in [0.1, 0.15) is 5.56 Å². The molecule has 1 atom stereocenters. The highest BCUT2D eigenvalue weighted by atomic mass is 79.9. The van der Waals surface area contributed by atoms with Crippen molar-refractivity contribution in [2.75, 3.05) is 31.6 Å². The van der Waals surface area contributed by atoms with E-state index in [1.54, 1.807) is 0 Å². The fourth-order valence-electron chi connectivity index (χ4n) is 2.04. The van der Waals surface area contributed by atoms with E-state index in [1.165, 1.54) is 5.56 Å². The Bertz CT molecular complexity index is 304. The van der Waals surface area contributed by atoms with Crippen LogP contribution in [0.25, 0.3) is 0 Å². The van der Waals surface area contributed by atoms with Crippen LogP contribution in [-0.2, 0) is 11.2 Å². The maximum atomic E-state index is 5.48. The molecule has 0 bridgehead atoms. The molecule has 2 rings (SSSR count). The van der Waals surface area contributed by atoms with Gasteiger partial charge < -0.3 is 4.74 Å². The molecule has 1 fully saturated rings. The zero-order valence-electron chi connectivity index (χ0n) is 9.44. The number of ether oxygens (including phenoxy) is 1. The van der Waals surface area contributed by atoms with Crippen molar-refractivity contribution < 1.29 is 4.74 Å². The number of hydrogen-bond acceptors (Lipinski definition) is 2. The van der Waals surface area contributed by atoms with E-state index in [0.29, 0.717) is 6.04 Å². The summed E-state index contributed by atoms with van der Waals surface area (Å²) in [6, 6.07) is 11.2. The number of rotatable bonds is 4. The summed E-state index contributed by atoms with van der Waals surface area (Å²) in [4.78, 5) is 2.52. The van der Waals surface area contributed by atoms with Gasteiger partial charge in [0.15, 0.2) is 0 Å². The van der Waals surface area contributed by atoms with Crippen LogP contribution in [0.3, 0.4) is 0 Å². The van der Waals surface area contributed by atoms with E-state index >= 15 is 0 Å². The lowest BCUT2D eigenvalue weighted by molar-refractivity contribution is 0.00259. The van der Waals surface area contributed by atoms with Crippen molar-refractivity contribution >= 4 is 15.9 Å². The second-order valence-corrected chi connectivity index (χ2v) is 4.80. The largest absolute Gasteiger partial charge is 0.378 e. The van der Waals surface area contributed by atoms with E-state index in [1.807, 2.05) is 0 Å². The van der Waals surface area contributed by atoms with E-state index in [9.17, 15) is 0 Å². The van der Waals surface area contributed by atoms with Gasteiger partial charge in [0, 0.05) is 24.5 Å². The summed E-state index contributed by atoms with van der Waals surface area (Å²) in [5.41, 5.74) is 1.42. The summed E-state index contributed by atoms with van der Waals surface area (Å²) < 4.78 is 5.48. The average Bonchev–Trinajstić information content (AvgIpc) is 2.38. The Morgan fingerprint density at radius 1 is 1.31 bits per heavy atom. The molecule has 0 aliphatic carbocycles. The molecular weight excluding hydrogens is 266 g/mol. The normalized spacial score (nSPS) is 22.2. The molecule has 0 spiro atoms. The number of hydrogen-bond donors (Lipinski definition) is 0. The van der Waals surface area contributed by atoms with Gasteiger partial charge in [0.1, 0.15) is 0 Å². The summed E-state index contributed by atoms with van der Waals surface area (Å²) in [6.07, 6.45) is 1.13. The van der Waals surface area contributed by atoms with Crippen LogP contribution in [0.15, 0.2) is 30.3 Å². The average molecular weight is 284 g/mol. The van der Waals surface area contributed by atoms with Gasteiger partial charge in [-0.3, -0.25) is 4.90 Å². The predicted molar refractivity (Wildman–Crippen MR) is 70.1 cm³/mol. The standard InChI is InChI=1S/C13H18BrNO/c14-10-13-11-16-9-8-15(13)7-6-12-4-2-1-3-5-12/h1-5,13H,6-11H2. The molecule has 0 saturated carbocycles. The van der Waals surface area contributed by atoms with Crippen LogP contribution in [0.5, 0.6) is 0 Å². The van der Waals surface area contributed by atoms with Crippen molar-refractivity contribution in [2.24, 2.45) is 0 Å². The van der Waals surface area contributed by atoms with Gasteiger partial charge in [0.25, 0.3) is 0 Å². The lowest BCUT2D eigenvalue weighted by Crippen LogP contribution is -2.47. The van der Waals surface area contributed by atoms with Gasteiger partial charge >= 0.3 is 0 Å². The van der Waals surface area contributed by atoms with Crippen molar-refractivity contribution in [1.82, 2.24) is 4.90 Å². The van der Waals surface area contributed by atoms with E-state index in [-0.39, 0.29) is 0 Å². The highest BCUT2D eigenvalue weighted by molar-refractivity contribution is 9.09. The fourth-order valence-corrected chi connectivity index (χ4v) is 2.64. The summed E-state index contributed by atoms with van der Waals surface area (Å²) >= 11 is 3.56. The molecule has 2 nitrogen and oxygen atoms in total. The molecule has 1 aliphatic rings. The van der Waals surface area contributed by atoms with Gasteiger partial charge in [0.2, 0.25) is 0 Å². The Hall–Kier alpha value is -0.380. The molecule has 1 aliphatic heterocycles.